The standard InChI is InChI=1S/C30H34FN7O3S/c1-19-14-21(15-20(2)33-19)26-23-16-22(4-5-24(23)35-36-26)34-27(40)30(41-3)8-10-37(18-30)17-25(39)38-11-6-29(31,7-12-38)28-32-9-13-42-28/h4-5,9,13-16H,6-8,10-12,17-18H2,1-3H3,(H,34,40)(H,35,36)/t30-/m0/s1. The average Bonchev–Trinajstić information content (AvgIpc) is 3.73. The highest BCUT2D eigenvalue weighted by atomic mass is 32.1. The number of nitrogens with one attached hydrogen (secondary N) is 2. The fraction of sp³-hybridized carbons (Fsp3) is 0.433. The minimum atomic E-state index is -1.47. The Labute approximate surface area is 247 Å². The number of ether oxygens (including phenoxy) is 1. The zero-order valence-electron chi connectivity index (χ0n) is 23.9. The second kappa shape index (κ2) is 11.2. The molecule has 0 saturated carbocycles. The predicted octanol–water partition coefficient (Wildman–Crippen LogP) is 4.22. The van der Waals surface area contributed by atoms with Crippen molar-refractivity contribution in [3.05, 3.63) is 58.3 Å². The van der Waals surface area contributed by atoms with Gasteiger partial charge in [0, 0.05) is 85.7 Å². The van der Waals surface area contributed by atoms with Gasteiger partial charge in [-0.25, -0.2) is 9.37 Å². The first-order valence-electron chi connectivity index (χ1n) is 14.1. The molecule has 10 nitrogen and oxygen atoms in total. The van der Waals surface area contributed by atoms with E-state index in [1.54, 1.807) is 16.5 Å². The molecule has 2 saturated heterocycles. The summed E-state index contributed by atoms with van der Waals surface area (Å²) in [6.07, 6.45) is 2.54. The minimum Gasteiger partial charge on any atom is -0.367 e. The number of nitrogens with zero attached hydrogens (tertiary/aromatic N) is 5. The van der Waals surface area contributed by atoms with Crippen LogP contribution in [-0.4, -0.2) is 87.2 Å². The lowest BCUT2D eigenvalue weighted by Gasteiger charge is -2.36. The Morgan fingerprint density at radius 2 is 1.88 bits per heavy atom. The van der Waals surface area contributed by atoms with E-state index in [2.05, 4.69) is 25.5 Å². The number of H-pyrrole nitrogens is 1. The van der Waals surface area contributed by atoms with E-state index in [1.807, 2.05) is 49.1 Å². The maximum Gasteiger partial charge on any atom is 0.258 e. The molecule has 3 aromatic heterocycles. The number of carbonyl (C=O) groups is 2. The van der Waals surface area contributed by atoms with Crippen molar-refractivity contribution in [2.24, 2.45) is 0 Å². The number of thiazole rings is 1. The van der Waals surface area contributed by atoms with Gasteiger partial charge in [-0.15, -0.1) is 11.3 Å². The molecule has 0 bridgehead atoms. The molecule has 4 aromatic rings. The van der Waals surface area contributed by atoms with E-state index in [1.165, 1.54) is 18.4 Å². The molecular formula is C30H34FN7O3S. The maximum atomic E-state index is 15.3. The summed E-state index contributed by atoms with van der Waals surface area (Å²) in [5, 5.41) is 13.8. The topological polar surface area (TPSA) is 116 Å². The average molecular weight is 592 g/mol. The number of methoxy groups -OCH3 is 1. The number of benzene rings is 1. The molecule has 0 spiro atoms. The molecule has 5 heterocycles. The van der Waals surface area contributed by atoms with Crippen molar-refractivity contribution in [1.82, 2.24) is 30.0 Å². The Bertz CT molecular complexity index is 1600. The first-order chi connectivity index (χ1) is 20.2. The molecule has 12 heteroatoms. The van der Waals surface area contributed by atoms with Gasteiger partial charge in [-0.05, 0) is 50.6 Å². The number of aromatic nitrogens is 4. The number of halogens is 1. The van der Waals surface area contributed by atoms with E-state index in [-0.39, 0.29) is 37.7 Å². The van der Waals surface area contributed by atoms with Crippen LogP contribution in [0.2, 0.25) is 0 Å². The largest absolute Gasteiger partial charge is 0.367 e. The van der Waals surface area contributed by atoms with Crippen LogP contribution in [0.5, 0.6) is 0 Å². The van der Waals surface area contributed by atoms with Crippen LogP contribution in [0.3, 0.4) is 0 Å². The van der Waals surface area contributed by atoms with Crippen LogP contribution in [0.25, 0.3) is 22.2 Å². The van der Waals surface area contributed by atoms with E-state index in [0.717, 1.165) is 33.5 Å². The molecule has 0 radical (unpaired) electrons. The van der Waals surface area contributed by atoms with Gasteiger partial charge in [0.15, 0.2) is 11.3 Å². The van der Waals surface area contributed by atoms with E-state index in [9.17, 15) is 9.59 Å². The highest BCUT2D eigenvalue weighted by Crippen LogP contribution is 2.38. The van der Waals surface area contributed by atoms with Crippen molar-refractivity contribution in [3.63, 3.8) is 0 Å². The molecule has 6 rings (SSSR count). The summed E-state index contributed by atoms with van der Waals surface area (Å²) >= 11 is 1.31. The number of alkyl halides is 1. The number of piperidine rings is 1. The second-order valence-corrected chi connectivity index (χ2v) is 12.2. The Kier molecular flexibility index (Phi) is 7.54. The molecule has 2 fully saturated rings. The lowest BCUT2D eigenvalue weighted by molar-refractivity contribution is -0.139. The fourth-order valence-electron chi connectivity index (χ4n) is 6.03. The quantitative estimate of drug-likeness (QED) is 0.331. The van der Waals surface area contributed by atoms with Gasteiger partial charge in [0.2, 0.25) is 5.91 Å². The Morgan fingerprint density at radius 3 is 2.57 bits per heavy atom. The highest BCUT2D eigenvalue weighted by Gasteiger charge is 2.46. The number of hydrogen-bond acceptors (Lipinski definition) is 8. The van der Waals surface area contributed by atoms with Gasteiger partial charge < -0.3 is 15.0 Å². The zero-order valence-corrected chi connectivity index (χ0v) is 24.8. The SMILES string of the molecule is CO[C@@]1(C(=O)Nc2ccc3[nH]nc(-c4cc(C)nc(C)c4)c3c2)CCN(CC(=O)N2CCC(F)(c3nccs3)CC2)C1. The highest BCUT2D eigenvalue weighted by molar-refractivity contribution is 7.09. The third-order valence-corrected chi connectivity index (χ3v) is 9.33. The fourth-order valence-corrected chi connectivity index (χ4v) is 6.81. The van der Waals surface area contributed by atoms with Gasteiger partial charge in [-0.1, -0.05) is 0 Å². The third kappa shape index (κ3) is 5.41. The summed E-state index contributed by atoms with van der Waals surface area (Å²) in [6.45, 7) is 5.57. The number of aromatic amines is 1. The van der Waals surface area contributed by atoms with Crippen LogP contribution >= 0.6 is 11.3 Å². The van der Waals surface area contributed by atoms with Gasteiger partial charge in [-0.3, -0.25) is 24.6 Å². The summed E-state index contributed by atoms with van der Waals surface area (Å²) in [5.74, 6) is -0.327. The zero-order chi connectivity index (χ0) is 29.5. The van der Waals surface area contributed by atoms with Crippen LogP contribution in [-0.2, 0) is 20.0 Å². The normalized spacial score (nSPS) is 20.7. The number of rotatable bonds is 7. The Hall–Kier alpha value is -3.74. The van der Waals surface area contributed by atoms with Crippen LogP contribution in [0.4, 0.5) is 10.1 Å². The van der Waals surface area contributed by atoms with Gasteiger partial charge in [0.25, 0.3) is 5.91 Å². The molecule has 1 atom stereocenters. The first-order valence-corrected chi connectivity index (χ1v) is 15.0. The van der Waals surface area contributed by atoms with Crippen molar-refractivity contribution in [2.75, 3.05) is 45.2 Å². The summed E-state index contributed by atoms with van der Waals surface area (Å²) < 4.78 is 21.1. The molecule has 2 aliphatic heterocycles. The number of likely N-dealkylation sites (tertiary alicyclic amines) is 2. The monoisotopic (exact) mass is 591 g/mol. The van der Waals surface area contributed by atoms with Gasteiger partial charge in [0.1, 0.15) is 10.7 Å². The maximum absolute atomic E-state index is 15.3. The number of carbonyl (C=O) groups excluding carboxylic acids is 2. The summed E-state index contributed by atoms with van der Waals surface area (Å²) in [6, 6.07) is 9.60. The summed E-state index contributed by atoms with van der Waals surface area (Å²) in [7, 11) is 1.53. The van der Waals surface area contributed by atoms with E-state index in [0.29, 0.717) is 36.8 Å². The number of anilines is 1. The number of amides is 2. The number of hydrogen-bond donors (Lipinski definition) is 2. The van der Waals surface area contributed by atoms with Crippen molar-refractivity contribution >= 4 is 39.7 Å². The molecule has 2 amide bonds. The number of pyridine rings is 1. The van der Waals surface area contributed by atoms with Crippen molar-refractivity contribution in [1.29, 1.82) is 0 Å². The predicted molar refractivity (Wildman–Crippen MR) is 159 cm³/mol. The molecule has 220 valence electrons. The number of aryl methyl sites for hydroxylation is 2. The lowest BCUT2D eigenvalue weighted by Crippen LogP contribution is -2.49. The van der Waals surface area contributed by atoms with E-state index in [4.69, 9.17) is 4.74 Å². The number of fused-ring (bicyclic) bond motifs is 1. The smallest absolute Gasteiger partial charge is 0.258 e. The van der Waals surface area contributed by atoms with Gasteiger partial charge >= 0.3 is 0 Å². The molecule has 2 N–H and O–H groups in total. The summed E-state index contributed by atoms with van der Waals surface area (Å²) in [5.41, 5.74) is 2.48. The van der Waals surface area contributed by atoms with Gasteiger partial charge in [-0.2, -0.15) is 5.10 Å². The molecule has 42 heavy (non-hydrogen) atoms. The van der Waals surface area contributed by atoms with Crippen LogP contribution in [0.15, 0.2) is 41.9 Å². The summed E-state index contributed by atoms with van der Waals surface area (Å²) in [4.78, 5) is 38.9. The Morgan fingerprint density at radius 1 is 1.12 bits per heavy atom. The molecule has 1 aromatic carbocycles. The van der Waals surface area contributed by atoms with Crippen LogP contribution in [0.1, 0.15) is 35.7 Å². The minimum absolute atomic E-state index is 0.0666. The van der Waals surface area contributed by atoms with Crippen molar-refractivity contribution < 1.29 is 18.7 Å². The Balaban J connectivity index is 1.10. The van der Waals surface area contributed by atoms with Crippen LogP contribution in [0, 0.1) is 13.8 Å². The van der Waals surface area contributed by atoms with E-state index >= 15 is 4.39 Å². The molecule has 2 aliphatic rings. The van der Waals surface area contributed by atoms with E-state index < -0.39 is 11.3 Å². The first kappa shape index (κ1) is 28.4. The van der Waals surface area contributed by atoms with Crippen LogP contribution < -0.4 is 5.32 Å². The lowest BCUT2D eigenvalue weighted by atomic mass is 9.94. The van der Waals surface area contributed by atoms with Crippen molar-refractivity contribution in [2.45, 2.75) is 44.4 Å². The molecule has 0 aliphatic carbocycles. The molecular weight excluding hydrogens is 557 g/mol. The third-order valence-electron chi connectivity index (χ3n) is 8.37. The van der Waals surface area contributed by atoms with Gasteiger partial charge in [0.05, 0.1) is 12.1 Å². The molecule has 0 unspecified atom stereocenters. The second-order valence-electron chi connectivity index (χ2n) is 11.3. The van der Waals surface area contributed by atoms with Crippen molar-refractivity contribution in [3.8, 4) is 11.3 Å².